The van der Waals surface area contributed by atoms with Crippen LogP contribution in [-0.2, 0) is 4.79 Å². The van der Waals surface area contributed by atoms with E-state index in [0.29, 0.717) is 5.75 Å². The largest absolute Gasteiger partial charge is 0.486 e. The van der Waals surface area contributed by atoms with Crippen molar-refractivity contribution in [2.45, 2.75) is 19.9 Å². The molecule has 82 valence electrons. The first-order valence-electron chi connectivity index (χ1n) is 5.07. The van der Waals surface area contributed by atoms with Crippen LogP contribution in [0.25, 0.3) is 0 Å². The standard InChI is InChI=1S/C12H17NO2/c1-9(2)12(13)11(14)8-15-10-6-4-3-5-7-10/h3-7,9,12H,8,13H2,1-2H3. The molecule has 0 radical (unpaired) electrons. The molecule has 1 unspecified atom stereocenters. The van der Waals surface area contributed by atoms with Crippen LogP contribution in [0.3, 0.4) is 0 Å². The van der Waals surface area contributed by atoms with Crippen molar-refractivity contribution in [3.8, 4) is 5.75 Å². The lowest BCUT2D eigenvalue weighted by Crippen LogP contribution is -2.38. The van der Waals surface area contributed by atoms with Crippen molar-refractivity contribution in [3.05, 3.63) is 30.3 Å². The molecule has 2 N–H and O–H groups in total. The summed E-state index contributed by atoms with van der Waals surface area (Å²) in [5.41, 5.74) is 5.69. The summed E-state index contributed by atoms with van der Waals surface area (Å²) in [5.74, 6) is 0.785. The van der Waals surface area contributed by atoms with Crippen LogP contribution in [0.15, 0.2) is 30.3 Å². The van der Waals surface area contributed by atoms with Crippen LogP contribution in [0.5, 0.6) is 5.75 Å². The number of Topliss-reactive ketones (excluding diaryl/α,β-unsaturated/α-hetero) is 1. The SMILES string of the molecule is CC(C)C(N)C(=O)COc1ccccc1. The Morgan fingerprint density at radius 2 is 1.93 bits per heavy atom. The number of hydrogen-bond donors (Lipinski definition) is 1. The van der Waals surface area contributed by atoms with E-state index in [2.05, 4.69) is 0 Å². The number of benzene rings is 1. The first-order chi connectivity index (χ1) is 7.11. The summed E-state index contributed by atoms with van der Waals surface area (Å²) in [6, 6.07) is 8.81. The van der Waals surface area contributed by atoms with Gasteiger partial charge in [0.1, 0.15) is 12.4 Å². The first-order valence-corrected chi connectivity index (χ1v) is 5.07. The van der Waals surface area contributed by atoms with Crippen molar-refractivity contribution in [3.63, 3.8) is 0 Å². The summed E-state index contributed by atoms with van der Waals surface area (Å²) in [7, 11) is 0. The highest BCUT2D eigenvalue weighted by molar-refractivity contribution is 5.85. The maximum atomic E-state index is 11.5. The Balaban J connectivity index is 2.41. The predicted molar refractivity (Wildman–Crippen MR) is 59.8 cm³/mol. The van der Waals surface area contributed by atoms with Crippen LogP contribution < -0.4 is 10.5 Å². The molecule has 1 atom stereocenters. The first kappa shape index (κ1) is 11.7. The molecule has 0 aliphatic rings. The average molecular weight is 207 g/mol. The zero-order valence-corrected chi connectivity index (χ0v) is 9.14. The Kier molecular flexibility index (Phi) is 4.31. The molecule has 1 aromatic carbocycles. The van der Waals surface area contributed by atoms with Gasteiger partial charge >= 0.3 is 0 Å². The second kappa shape index (κ2) is 5.51. The topological polar surface area (TPSA) is 52.3 Å². The van der Waals surface area contributed by atoms with Crippen molar-refractivity contribution in [1.82, 2.24) is 0 Å². The van der Waals surface area contributed by atoms with E-state index >= 15 is 0 Å². The number of carbonyl (C=O) groups excluding carboxylic acids is 1. The second-order valence-corrected chi connectivity index (χ2v) is 3.84. The molecule has 15 heavy (non-hydrogen) atoms. The van der Waals surface area contributed by atoms with Crippen LogP contribution in [-0.4, -0.2) is 18.4 Å². The number of para-hydroxylation sites is 1. The van der Waals surface area contributed by atoms with Crippen molar-refractivity contribution < 1.29 is 9.53 Å². The van der Waals surface area contributed by atoms with Crippen molar-refractivity contribution in [2.24, 2.45) is 11.7 Å². The smallest absolute Gasteiger partial charge is 0.187 e. The monoisotopic (exact) mass is 207 g/mol. The van der Waals surface area contributed by atoms with Gasteiger partial charge in [-0.3, -0.25) is 4.79 Å². The van der Waals surface area contributed by atoms with E-state index < -0.39 is 6.04 Å². The van der Waals surface area contributed by atoms with E-state index in [1.54, 1.807) is 0 Å². The van der Waals surface area contributed by atoms with Gasteiger partial charge < -0.3 is 10.5 Å². The van der Waals surface area contributed by atoms with Crippen LogP contribution in [0.2, 0.25) is 0 Å². The normalized spacial score (nSPS) is 12.5. The predicted octanol–water partition coefficient (Wildman–Crippen LogP) is 1.62. The van der Waals surface area contributed by atoms with Gasteiger partial charge in [0.05, 0.1) is 6.04 Å². The third-order valence-electron chi connectivity index (χ3n) is 2.21. The van der Waals surface area contributed by atoms with E-state index in [1.807, 2.05) is 44.2 Å². The molecule has 0 saturated carbocycles. The fourth-order valence-corrected chi connectivity index (χ4v) is 1.14. The quantitative estimate of drug-likeness (QED) is 0.798. The maximum absolute atomic E-state index is 11.5. The highest BCUT2D eigenvalue weighted by atomic mass is 16.5. The lowest BCUT2D eigenvalue weighted by molar-refractivity contribution is -0.123. The van der Waals surface area contributed by atoms with Gasteiger partial charge in [-0.1, -0.05) is 32.0 Å². The molecule has 0 amide bonds. The molecule has 1 rings (SSSR count). The molecule has 0 heterocycles. The molecule has 0 aliphatic heterocycles. The molecule has 0 spiro atoms. The Morgan fingerprint density at radius 3 is 2.47 bits per heavy atom. The van der Waals surface area contributed by atoms with E-state index in [9.17, 15) is 4.79 Å². The van der Waals surface area contributed by atoms with E-state index in [-0.39, 0.29) is 18.3 Å². The number of carbonyl (C=O) groups is 1. The molecule has 0 saturated heterocycles. The third-order valence-corrected chi connectivity index (χ3v) is 2.21. The molecule has 3 heteroatoms. The molecule has 1 aromatic rings. The minimum absolute atomic E-state index is 0.0450. The minimum atomic E-state index is -0.436. The van der Waals surface area contributed by atoms with Crippen LogP contribution >= 0.6 is 0 Å². The van der Waals surface area contributed by atoms with Gasteiger partial charge in [-0.05, 0) is 18.1 Å². The Hall–Kier alpha value is -1.35. The molecule has 0 aromatic heterocycles. The fourth-order valence-electron chi connectivity index (χ4n) is 1.14. The van der Waals surface area contributed by atoms with E-state index in [0.717, 1.165) is 0 Å². The summed E-state index contributed by atoms with van der Waals surface area (Å²) >= 11 is 0. The summed E-state index contributed by atoms with van der Waals surface area (Å²) < 4.78 is 5.31. The van der Waals surface area contributed by atoms with Gasteiger partial charge in [0.15, 0.2) is 5.78 Å². The number of ketones is 1. The van der Waals surface area contributed by atoms with Crippen LogP contribution in [0.4, 0.5) is 0 Å². The molecule has 3 nitrogen and oxygen atoms in total. The molecule has 0 fully saturated rings. The number of rotatable bonds is 5. The summed E-state index contributed by atoms with van der Waals surface area (Å²) in [5, 5.41) is 0. The zero-order chi connectivity index (χ0) is 11.3. The fraction of sp³-hybridized carbons (Fsp3) is 0.417. The molecular weight excluding hydrogens is 190 g/mol. The van der Waals surface area contributed by atoms with Gasteiger partial charge in [-0.2, -0.15) is 0 Å². The minimum Gasteiger partial charge on any atom is -0.486 e. The summed E-state index contributed by atoms with van der Waals surface area (Å²) in [6.45, 7) is 3.89. The van der Waals surface area contributed by atoms with Crippen molar-refractivity contribution >= 4 is 5.78 Å². The molecule has 0 aliphatic carbocycles. The number of hydrogen-bond acceptors (Lipinski definition) is 3. The maximum Gasteiger partial charge on any atom is 0.187 e. The Labute approximate surface area is 90.2 Å². The second-order valence-electron chi connectivity index (χ2n) is 3.84. The Morgan fingerprint density at radius 1 is 1.33 bits per heavy atom. The van der Waals surface area contributed by atoms with Gasteiger partial charge in [-0.25, -0.2) is 0 Å². The highest BCUT2D eigenvalue weighted by Gasteiger charge is 2.17. The van der Waals surface area contributed by atoms with Crippen molar-refractivity contribution in [2.75, 3.05) is 6.61 Å². The van der Waals surface area contributed by atoms with Crippen LogP contribution in [0.1, 0.15) is 13.8 Å². The van der Waals surface area contributed by atoms with E-state index in [4.69, 9.17) is 10.5 Å². The highest BCUT2D eigenvalue weighted by Crippen LogP contribution is 2.08. The van der Waals surface area contributed by atoms with E-state index in [1.165, 1.54) is 0 Å². The molecular formula is C12H17NO2. The van der Waals surface area contributed by atoms with Gasteiger partial charge in [-0.15, -0.1) is 0 Å². The summed E-state index contributed by atoms with van der Waals surface area (Å²) in [4.78, 5) is 11.5. The van der Waals surface area contributed by atoms with Crippen molar-refractivity contribution in [1.29, 1.82) is 0 Å². The van der Waals surface area contributed by atoms with Gasteiger partial charge in [0, 0.05) is 0 Å². The lowest BCUT2D eigenvalue weighted by Gasteiger charge is -2.14. The van der Waals surface area contributed by atoms with Gasteiger partial charge in [0.25, 0.3) is 0 Å². The molecule has 0 bridgehead atoms. The van der Waals surface area contributed by atoms with Gasteiger partial charge in [0.2, 0.25) is 0 Å². The third kappa shape index (κ3) is 3.72. The number of nitrogens with two attached hydrogens (primary N) is 1. The summed E-state index contributed by atoms with van der Waals surface area (Å²) in [6.07, 6.45) is 0. The number of ether oxygens (including phenoxy) is 1. The lowest BCUT2D eigenvalue weighted by atomic mass is 10.0. The zero-order valence-electron chi connectivity index (χ0n) is 9.14. The van der Waals surface area contributed by atoms with Crippen LogP contribution in [0, 0.1) is 5.92 Å². The average Bonchev–Trinajstić information content (AvgIpc) is 2.26. The Bertz CT molecular complexity index is 309.